The predicted molar refractivity (Wildman–Crippen MR) is 99.9 cm³/mol. The third-order valence-electron chi connectivity index (χ3n) is 3.83. The molecule has 0 aliphatic carbocycles. The average Bonchev–Trinajstić information content (AvgIpc) is 2.58. The van der Waals surface area contributed by atoms with Crippen LogP contribution in [0.1, 0.15) is 29.2 Å². The van der Waals surface area contributed by atoms with Crippen molar-refractivity contribution in [2.45, 2.75) is 33.8 Å². The topological polar surface area (TPSA) is 75.6 Å². The van der Waals surface area contributed by atoms with Crippen LogP contribution in [-0.2, 0) is 22.6 Å². The summed E-state index contributed by atoms with van der Waals surface area (Å²) in [5.41, 5.74) is 3.91. The lowest BCUT2D eigenvalue weighted by molar-refractivity contribution is -0.134. The van der Waals surface area contributed by atoms with Crippen molar-refractivity contribution >= 4 is 11.9 Å². The van der Waals surface area contributed by atoms with Gasteiger partial charge in [0.05, 0.1) is 0 Å². The van der Waals surface area contributed by atoms with Gasteiger partial charge in [-0.1, -0.05) is 42.5 Å². The Morgan fingerprint density at radius 1 is 1.08 bits per heavy atom. The van der Waals surface area contributed by atoms with Crippen molar-refractivity contribution in [3.63, 3.8) is 0 Å². The van der Waals surface area contributed by atoms with Crippen molar-refractivity contribution < 1.29 is 19.4 Å². The van der Waals surface area contributed by atoms with E-state index in [1.165, 1.54) is 13.0 Å². The number of nitrogens with one attached hydrogen (secondary N) is 1. The Morgan fingerprint density at radius 2 is 1.69 bits per heavy atom. The second-order valence-electron chi connectivity index (χ2n) is 6.14. The number of carboxylic acid groups (broad SMARTS) is 1. The van der Waals surface area contributed by atoms with Gasteiger partial charge in [0.1, 0.15) is 18.1 Å². The average molecular weight is 353 g/mol. The fraction of sp³-hybridized carbons (Fsp3) is 0.238. The molecule has 5 heteroatoms. The van der Waals surface area contributed by atoms with Gasteiger partial charge >= 0.3 is 5.97 Å². The van der Waals surface area contributed by atoms with Crippen LogP contribution in [0.3, 0.4) is 0 Å². The number of benzene rings is 2. The molecule has 2 aromatic carbocycles. The molecule has 26 heavy (non-hydrogen) atoms. The summed E-state index contributed by atoms with van der Waals surface area (Å²) in [6.45, 7) is 5.70. The Bertz CT molecular complexity index is 802. The van der Waals surface area contributed by atoms with Crippen molar-refractivity contribution in [1.29, 1.82) is 0 Å². The number of hydrogen-bond donors (Lipinski definition) is 2. The van der Waals surface area contributed by atoms with Gasteiger partial charge in [-0.3, -0.25) is 4.79 Å². The van der Waals surface area contributed by atoms with E-state index in [1.54, 1.807) is 0 Å². The second kappa shape index (κ2) is 8.85. The van der Waals surface area contributed by atoms with Crippen LogP contribution in [0, 0.1) is 13.8 Å². The van der Waals surface area contributed by atoms with Crippen molar-refractivity contribution in [2.24, 2.45) is 0 Å². The SMILES string of the molecule is CC(=O)NC(=CCc1cc(C)c(OCc2ccccc2)c(C)c1)C(=O)O. The van der Waals surface area contributed by atoms with Crippen LogP contribution >= 0.6 is 0 Å². The molecule has 0 radical (unpaired) electrons. The highest BCUT2D eigenvalue weighted by Crippen LogP contribution is 2.26. The molecule has 136 valence electrons. The molecular formula is C21H23NO4. The highest BCUT2D eigenvalue weighted by molar-refractivity contribution is 5.91. The highest BCUT2D eigenvalue weighted by Gasteiger charge is 2.10. The molecule has 2 N–H and O–H groups in total. The van der Waals surface area contributed by atoms with E-state index in [9.17, 15) is 9.59 Å². The molecule has 0 bridgehead atoms. The summed E-state index contributed by atoms with van der Waals surface area (Å²) in [5.74, 6) is -0.728. The van der Waals surface area contributed by atoms with E-state index in [1.807, 2.05) is 56.3 Å². The molecule has 2 aromatic rings. The maximum absolute atomic E-state index is 11.2. The Kier molecular flexibility index (Phi) is 6.55. The number of carbonyl (C=O) groups is 2. The zero-order valence-electron chi connectivity index (χ0n) is 15.2. The first-order valence-corrected chi connectivity index (χ1v) is 8.34. The summed E-state index contributed by atoms with van der Waals surface area (Å²) >= 11 is 0. The van der Waals surface area contributed by atoms with E-state index in [0.717, 1.165) is 28.0 Å². The van der Waals surface area contributed by atoms with Crippen LogP contribution in [0.25, 0.3) is 0 Å². The van der Waals surface area contributed by atoms with E-state index in [0.29, 0.717) is 13.0 Å². The van der Waals surface area contributed by atoms with Crippen LogP contribution in [0.2, 0.25) is 0 Å². The van der Waals surface area contributed by atoms with Gasteiger partial charge in [0.25, 0.3) is 0 Å². The van der Waals surface area contributed by atoms with Gasteiger partial charge in [0, 0.05) is 6.92 Å². The number of hydrogen-bond acceptors (Lipinski definition) is 3. The molecule has 0 atom stereocenters. The number of aryl methyl sites for hydroxylation is 2. The smallest absolute Gasteiger partial charge is 0.352 e. The van der Waals surface area contributed by atoms with Gasteiger partial charge in [0.15, 0.2) is 0 Å². The number of allylic oxidation sites excluding steroid dienone is 1. The number of carboxylic acids is 1. The molecule has 0 unspecified atom stereocenters. The van der Waals surface area contributed by atoms with Crippen LogP contribution in [-0.4, -0.2) is 17.0 Å². The van der Waals surface area contributed by atoms with E-state index < -0.39 is 11.9 Å². The monoisotopic (exact) mass is 353 g/mol. The summed E-state index contributed by atoms with van der Waals surface area (Å²) in [4.78, 5) is 22.2. The summed E-state index contributed by atoms with van der Waals surface area (Å²) < 4.78 is 5.96. The summed E-state index contributed by atoms with van der Waals surface area (Å²) in [7, 11) is 0. The Hall–Kier alpha value is -3.08. The third-order valence-corrected chi connectivity index (χ3v) is 3.83. The standard InChI is InChI=1S/C21H23NO4/c1-14-11-18(9-10-19(21(24)25)22-16(3)23)12-15(2)20(14)26-13-17-7-5-4-6-8-17/h4-8,10-12H,9,13H2,1-3H3,(H,22,23)(H,24,25). The molecule has 0 fully saturated rings. The van der Waals surface area contributed by atoms with Crippen molar-refractivity contribution in [3.05, 3.63) is 76.5 Å². The van der Waals surface area contributed by atoms with Gasteiger partial charge < -0.3 is 15.2 Å². The molecule has 0 spiro atoms. The Balaban J connectivity index is 2.12. The van der Waals surface area contributed by atoms with E-state index in [4.69, 9.17) is 9.84 Å². The van der Waals surface area contributed by atoms with Gasteiger partial charge in [-0.05, 0) is 48.6 Å². The lowest BCUT2D eigenvalue weighted by Gasteiger charge is -2.14. The van der Waals surface area contributed by atoms with Gasteiger partial charge in [-0.15, -0.1) is 0 Å². The maximum atomic E-state index is 11.2. The molecule has 5 nitrogen and oxygen atoms in total. The molecule has 0 saturated carbocycles. The fourth-order valence-corrected chi connectivity index (χ4v) is 2.72. The van der Waals surface area contributed by atoms with E-state index in [2.05, 4.69) is 5.32 Å². The fourth-order valence-electron chi connectivity index (χ4n) is 2.72. The van der Waals surface area contributed by atoms with Crippen LogP contribution < -0.4 is 10.1 Å². The minimum atomic E-state index is -1.16. The first-order valence-electron chi connectivity index (χ1n) is 8.34. The van der Waals surface area contributed by atoms with Crippen LogP contribution in [0.4, 0.5) is 0 Å². The predicted octanol–water partition coefficient (Wildman–Crippen LogP) is 3.53. The highest BCUT2D eigenvalue weighted by atomic mass is 16.5. The molecular weight excluding hydrogens is 330 g/mol. The van der Waals surface area contributed by atoms with Crippen molar-refractivity contribution in [2.75, 3.05) is 0 Å². The third kappa shape index (κ3) is 5.48. The van der Waals surface area contributed by atoms with Gasteiger partial charge in [0.2, 0.25) is 5.91 Å². The molecule has 2 rings (SSSR count). The van der Waals surface area contributed by atoms with Gasteiger partial charge in [-0.25, -0.2) is 4.79 Å². The normalized spacial score (nSPS) is 11.1. The quantitative estimate of drug-likeness (QED) is 0.747. The first-order chi connectivity index (χ1) is 12.4. The number of carbonyl (C=O) groups excluding carboxylic acids is 1. The minimum Gasteiger partial charge on any atom is -0.488 e. The summed E-state index contributed by atoms with van der Waals surface area (Å²) in [5, 5.41) is 11.5. The maximum Gasteiger partial charge on any atom is 0.352 e. The largest absolute Gasteiger partial charge is 0.488 e. The molecule has 0 aromatic heterocycles. The van der Waals surface area contributed by atoms with Crippen LogP contribution in [0.15, 0.2) is 54.2 Å². The number of rotatable bonds is 7. The zero-order chi connectivity index (χ0) is 19.1. The lowest BCUT2D eigenvalue weighted by Crippen LogP contribution is -2.24. The molecule has 0 saturated heterocycles. The number of aliphatic carboxylic acids is 1. The van der Waals surface area contributed by atoms with E-state index in [-0.39, 0.29) is 5.70 Å². The van der Waals surface area contributed by atoms with E-state index >= 15 is 0 Å². The zero-order valence-corrected chi connectivity index (χ0v) is 15.2. The summed E-state index contributed by atoms with van der Waals surface area (Å²) in [6.07, 6.45) is 1.91. The molecule has 0 aliphatic rings. The number of amides is 1. The molecule has 0 aliphatic heterocycles. The van der Waals surface area contributed by atoms with Gasteiger partial charge in [-0.2, -0.15) is 0 Å². The van der Waals surface area contributed by atoms with Crippen molar-refractivity contribution in [3.8, 4) is 5.75 Å². The Morgan fingerprint density at radius 3 is 2.23 bits per heavy atom. The molecule has 1 amide bonds. The first kappa shape index (κ1) is 19.2. The Labute approximate surface area is 153 Å². The second-order valence-corrected chi connectivity index (χ2v) is 6.14. The minimum absolute atomic E-state index is 0.114. The van der Waals surface area contributed by atoms with Crippen molar-refractivity contribution in [1.82, 2.24) is 5.32 Å². The lowest BCUT2D eigenvalue weighted by atomic mass is 10.0. The molecule has 0 heterocycles. The van der Waals surface area contributed by atoms with Crippen LogP contribution in [0.5, 0.6) is 5.75 Å². The summed E-state index contributed by atoms with van der Waals surface area (Å²) in [6, 6.07) is 13.9. The number of ether oxygens (including phenoxy) is 1.